The first-order chi connectivity index (χ1) is 9.22. The predicted molar refractivity (Wildman–Crippen MR) is 73.6 cm³/mol. The number of benzene rings is 2. The number of ether oxygens (including phenoxy) is 2. The summed E-state index contributed by atoms with van der Waals surface area (Å²) in [6.45, 7) is 0. The monoisotopic (exact) mass is 254 g/mol. The van der Waals surface area contributed by atoms with Gasteiger partial charge in [0.15, 0.2) is 11.5 Å². The lowest BCUT2D eigenvalue weighted by molar-refractivity contribution is 0.355. The van der Waals surface area contributed by atoms with E-state index in [1.807, 2.05) is 24.3 Å². The summed E-state index contributed by atoms with van der Waals surface area (Å²) < 4.78 is 10.4. The van der Waals surface area contributed by atoms with Crippen LogP contribution in [0.2, 0.25) is 0 Å². The van der Waals surface area contributed by atoms with Crippen molar-refractivity contribution in [2.45, 2.75) is 0 Å². The number of phenols is 1. The number of hydrogen-bond donors (Lipinski definition) is 1. The lowest BCUT2D eigenvalue weighted by Gasteiger charge is -2.06. The summed E-state index contributed by atoms with van der Waals surface area (Å²) in [6, 6.07) is 12.3. The predicted octanol–water partition coefficient (Wildman–Crippen LogP) is 2.81. The lowest BCUT2D eigenvalue weighted by atomic mass is 10.1. The van der Waals surface area contributed by atoms with Crippen LogP contribution in [0.25, 0.3) is 0 Å². The molecule has 0 spiro atoms. The fourth-order valence-electron chi connectivity index (χ4n) is 1.64. The Kier molecular flexibility index (Phi) is 3.94. The van der Waals surface area contributed by atoms with Crippen molar-refractivity contribution in [3.05, 3.63) is 53.6 Å². The largest absolute Gasteiger partial charge is 0.508 e. The van der Waals surface area contributed by atoms with E-state index in [4.69, 9.17) is 9.47 Å². The highest BCUT2D eigenvalue weighted by molar-refractivity contribution is 5.51. The van der Waals surface area contributed by atoms with Crippen molar-refractivity contribution < 1.29 is 14.6 Å². The Morgan fingerprint density at radius 3 is 2.16 bits per heavy atom. The Labute approximate surface area is 112 Å². The molecule has 0 saturated heterocycles. The smallest absolute Gasteiger partial charge is 0.161 e. The van der Waals surface area contributed by atoms with Crippen LogP contribution in [-0.4, -0.2) is 19.3 Å². The first-order valence-corrected chi connectivity index (χ1v) is 5.76. The van der Waals surface area contributed by atoms with Gasteiger partial charge in [0.25, 0.3) is 0 Å². The molecule has 2 aromatic rings. The molecule has 0 heterocycles. The number of rotatable bonds is 2. The van der Waals surface area contributed by atoms with Crippen LogP contribution in [0.5, 0.6) is 17.2 Å². The quantitative estimate of drug-likeness (QED) is 0.837. The highest BCUT2D eigenvalue weighted by atomic mass is 16.5. The Hall–Kier alpha value is -2.60. The molecular formula is C16H14O3. The molecule has 3 heteroatoms. The van der Waals surface area contributed by atoms with Crippen LogP contribution in [0, 0.1) is 11.8 Å². The molecule has 0 saturated carbocycles. The molecule has 0 aromatic heterocycles. The van der Waals surface area contributed by atoms with Crippen LogP contribution in [-0.2, 0) is 0 Å². The maximum absolute atomic E-state index is 9.36. The molecule has 19 heavy (non-hydrogen) atoms. The van der Waals surface area contributed by atoms with Crippen molar-refractivity contribution in [3.63, 3.8) is 0 Å². The summed E-state index contributed by atoms with van der Waals surface area (Å²) in [7, 11) is 3.18. The molecule has 0 bridgehead atoms. The van der Waals surface area contributed by atoms with Crippen molar-refractivity contribution >= 4 is 0 Å². The summed E-state index contributed by atoms with van der Waals surface area (Å²) in [6.07, 6.45) is 0. The van der Waals surface area contributed by atoms with E-state index >= 15 is 0 Å². The molecule has 0 amide bonds. The summed E-state index contributed by atoms with van der Waals surface area (Å²) in [4.78, 5) is 0. The van der Waals surface area contributed by atoms with E-state index in [1.165, 1.54) is 0 Å². The Balaban J connectivity index is 2.29. The molecule has 0 aliphatic heterocycles. The molecule has 96 valence electrons. The topological polar surface area (TPSA) is 38.7 Å². The van der Waals surface area contributed by atoms with Gasteiger partial charge in [-0.05, 0) is 36.4 Å². The minimum Gasteiger partial charge on any atom is -0.508 e. The molecule has 0 radical (unpaired) electrons. The molecular weight excluding hydrogens is 240 g/mol. The van der Waals surface area contributed by atoms with Crippen molar-refractivity contribution in [3.8, 4) is 29.1 Å². The maximum atomic E-state index is 9.36. The first kappa shape index (κ1) is 12.8. The molecule has 0 aliphatic rings. The van der Waals surface area contributed by atoms with Gasteiger partial charge in [0.2, 0.25) is 0 Å². The van der Waals surface area contributed by atoms with Crippen molar-refractivity contribution in [1.29, 1.82) is 0 Å². The van der Waals surface area contributed by atoms with Gasteiger partial charge in [-0.25, -0.2) is 0 Å². The van der Waals surface area contributed by atoms with E-state index in [-0.39, 0.29) is 5.75 Å². The Bertz CT molecular complexity index is 636. The summed E-state index contributed by atoms with van der Waals surface area (Å²) in [5, 5.41) is 9.36. The molecule has 0 atom stereocenters. The highest BCUT2D eigenvalue weighted by Crippen LogP contribution is 2.27. The van der Waals surface area contributed by atoms with Crippen LogP contribution in [0.3, 0.4) is 0 Å². The highest BCUT2D eigenvalue weighted by Gasteiger charge is 2.02. The molecule has 0 aliphatic carbocycles. The van der Waals surface area contributed by atoms with E-state index in [1.54, 1.807) is 32.4 Å². The Morgan fingerprint density at radius 2 is 1.53 bits per heavy atom. The second kappa shape index (κ2) is 5.83. The van der Waals surface area contributed by atoms with Crippen LogP contribution in [0.4, 0.5) is 0 Å². The zero-order chi connectivity index (χ0) is 13.7. The van der Waals surface area contributed by atoms with E-state index in [0.29, 0.717) is 11.5 Å². The fourth-order valence-corrected chi connectivity index (χ4v) is 1.64. The summed E-state index contributed by atoms with van der Waals surface area (Å²) in [5.41, 5.74) is 1.58. The lowest BCUT2D eigenvalue weighted by Crippen LogP contribution is -1.90. The van der Waals surface area contributed by atoms with Crippen LogP contribution < -0.4 is 9.47 Å². The van der Waals surface area contributed by atoms with E-state index in [2.05, 4.69) is 11.8 Å². The minimum absolute atomic E-state index is 0.208. The third-order valence-electron chi connectivity index (χ3n) is 2.58. The van der Waals surface area contributed by atoms with Gasteiger partial charge in [0, 0.05) is 11.1 Å². The van der Waals surface area contributed by atoms with Crippen LogP contribution in [0.1, 0.15) is 11.1 Å². The molecule has 0 fully saturated rings. The van der Waals surface area contributed by atoms with Gasteiger partial charge in [-0.15, -0.1) is 0 Å². The fraction of sp³-hybridized carbons (Fsp3) is 0.125. The average Bonchev–Trinajstić information content (AvgIpc) is 2.45. The zero-order valence-corrected chi connectivity index (χ0v) is 10.8. The molecule has 1 N–H and O–H groups in total. The van der Waals surface area contributed by atoms with E-state index < -0.39 is 0 Å². The Morgan fingerprint density at radius 1 is 0.842 bits per heavy atom. The third-order valence-corrected chi connectivity index (χ3v) is 2.58. The summed E-state index contributed by atoms with van der Waals surface area (Å²) >= 11 is 0. The van der Waals surface area contributed by atoms with Crippen LogP contribution in [0.15, 0.2) is 42.5 Å². The molecule has 2 rings (SSSR count). The normalized spacial score (nSPS) is 9.37. The zero-order valence-electron chi connectivity index (χ0n) is 10.8. The maximum Gasteiger partial charge on any atom is 0.161 e. The van der Waals surface area contributed by atoms with Gasteiger partial charge in [0.05, 0.1) is 14.2 Å². The van der Waals surface area contributed by atoms with Gasteiger partial charge in [-0.2, -0.15) is 0 Å². The number of hydrogen-bond acceptors (Lipinski definition) is 3. The van der Waals surface area contributed by atoms with Crippen LogP contribution >= 0.6 is 0 Å². The second-order valence-electron chi connectivity index (χ2n) is 3.87. The van der Waals surface area contributed by atoms with Crippen molar-refractivity contribution in [2.75, 3.05) is 14.2 Å². The number of methoxy groups -OCH3 is 2. The van der Waals surface area contributed by atoms with E-state index in [9.17, 15) is 5.11 Å². The van der Waals surface area contributed by atoms with Gasteiger partial charge in [0.1, 0.15) is 5.75 Å². The van der Waals surface area contributed by atoms with Gasteiger partial charge in [-0.3, -0.25) is 0 Å². The second-order valence-corrected chi connectivity index (χ2v) is 3.87. The summed E-state index contributed by atoms with van der Waals surface area (Å²) in [5.74, 6) is 7.52. The first-order valence-electron chi connectivity index (χ1n) is 5.76. The van der Waals surface area contributed by atoms with Gasteiger partial charge >= 0.3 is 0 Å². The number of aromatic hydroxyl groups is 1. The van der Waals surface area contributed by atoms with Gasteiger partial charge < -0.3 is 14.6 Å². The standard InChI is InChI=1S/C16H14O3/c1-18-15-9-8-13(11-16(15)19-2)7-6-12-4-3-5-14(17)10-12/h3-5,8-11,17H,1-2H3. The molecule has 3 nitrogen and oxygen atoms in total. The number of phenolic OH excluding ortho intramolecular Hbond substituents is 1. The third kappa shape index (κ3) is 3.20. The SMILES string of the molecule is COc1ccc(C#Cc2cccc(O)c2)cc1OC. The van der Waals surface area contributed by atoms with Gasteiger partial charge in [-0.1, -0.05) is 17.9 Å². The molecule has 2 aromatic carbocycles. The minimum atomic E-state index is 0.208. The average molecular weight is 254 g/mol. The van der Waals surface area contributed by atoms with Crippen molar-refractivity contribution in [2.24, 2.45) is 0 Å². The van der Waals surface area contributed by atoms with Crippen molar-refractivity contribution in [1.82, 2.24) is 0 Å². The molecule has 0 unspecified atom stereocenters. The van der Waals surface area contributed by atoms with E-state index in [0.717, 1.165) is 11.1 Å².